The van der Waals surface area contributed by atoms with Crippen molar-refractivity contribution in [1.29, 1.82) is 0 Å². The van der Waals surface area contributed by atoms with Gasteiger partial charge in [-0.2, -0.15) is 0 Å². The number of hydrogen-bond donors (Lipinski definition) is 0. The second kappa shape index (κ2) is 8.31. The van der Waals surface area contributed by atoms with Crippen LogP contribution in [0.5, 0.6) is 0 Å². The van der Waals surface area contributed by atoms with E-state index < -0.39 is 0 Å². The lowest BCUT2D eigenvalue weighted by atomic mass is 9.84. The highest BCUT2D eigenvalue weighted by molar-refractivity contribution is 5.90. The van der Waals surface area contributed by atoms with Gasteiger partial charge in [0.15, 0.2) is 0 Å². The summed E-state index contributed by atoms with van der Waals surface area (Å²) in [6.45, 7) is 9.19. The molecule has 0 unspecified atom stereocenters. The lowest BCUT2D eigenvalue weighted by Crippen LogP contribution is -2.07. The largest absolute Gasteiger partial charge is 0.264 e. The van der Waals surface area contributed by atoms with Gasteiger partial charge >= 0.3 is 0 Å². The van der Waals surface area contributed by atoms with Gasteiger partial charge in [0, 0.05) is 17.8 Å². The minimum atomic E-state index is 1.12. The Morgan fingerprint density at radius 3 is 1.95 bits per heavy atom. The third-order valence-electron chi connectivity index (χ3n) is 4.83. The van der Waals surface area contributed by atoms with Crippen molar-refractivity contribution in [2.75, 3.05) is 0 Å². The second-order valence-electron chi connectivity index (χ2n) is 6.25. The molecule has 0 spiro atoms. The number of pyridine rings is 1. The van der Waals surface area contributed by atoms with Crippen molar-refractivity contribution in [2.24, 2.45) is 0 Å². The van der Waals surface area contributed by atoms with Crippen molar-refractivity contribution < 1.29 is 0 Å². The van der Waals surface area contributed by atoms with E-state index in [0.717, 1.165) is 12.8 Å². The smallest absolute Gasteiger partial charge is 0.0349 e. The molecule has 0 amide bonds. The fraction of sp³-hybridized carbons (Fsp3) is 0.571. The van der Waals surface area contributed by atoms with Crippen molar-refractivity contribution in [3.05, 3.63) is 40.7 Å². The molecule has 1 heterocycles. The monoisotopic (exact) mass is 297 g/mol. The molecule has 0 bridgehead atoms. The highest BCUT2D eigenvalue weighted by Crippen LogP contribution is 2.33. The second-order valence-corrected chi connectivity index (χ2v) is 6.25. The van der Waals surface area contributed by atoms with Crippen LogP contribution in [0.4, 0.5) is 0 Å². The molecule has 0 aliphatic heterocycles. The highest BCUT2D eigenvalue weighted by atomic mass is 14.6. The SMILES string of the molecule is CCCCc1c(CC)c(CC)c2ccncc2c1CCCC. The van der Waals surface area contributed by atoms with E-state index in [2.05, 4.69) is 44.9 Å². The number of nitrogens with zero attached hydrogens (tertiary/aromatic N) is 1. The van der Waals surface area contributed by atoms with Crippen LogP contribution in [0, 0.1) is 0 Å². The molecule has 0 saturated carbocycles. The molecule has 0 aliphatic rings. The summed E-state index contributed by atoms with van der Waals surface area (Å²) in [5, 5.41) is 2.86. The van der Waals surface area contributed by atoms with Gasteiger partial charge in [-0.15, -0.1) is 0 Å². The third-order valence-corrected chi connectivity index (χ3v) is 4.83. The average molecular weight is 297 g/mol. The molecule has 0 atom stereocenters. The third kappa shape index (κ3) is 3.34. The molecule has 1 nitrogen and oxygen atoms in total. The molecule has 0 N–H and O–H groups in total. The molecular weight excluding hydrogens is 266 g/mol. The fourth-order valence-corrected chi connectivity index (χ4v) is 3.71. The minimum absolute atomic E-state index is 1.12. The van der Waals surface area contributed by atoms with Gasteiger partial charge in [0.05, 0.1) is 0 Å². The number of unbranched alkanes of at least 4 members (excludes halogenated alkanes) is 2. The molecular formula is C21H31N. The van der Waals surface area contributed by atoms with Gasteiger partial charge in [-0.3, -0.25) is 4.98 Å². The van der Waals surface area contributed by atoms with Gasteiger partial charge in [-0.1, -0.05) is 40.5 Å². The van der Waals surface area contributed by atoms with Crippen LogP contribution in [0.3, 0.4) is 0 Å². The Morgan fingerprint density at radius 1 is 0.727 bits per heavy atom. The normalized spacial score (nSPS) is 11.3. The molecule has 2 rings (SSSR count). The molecule has 0 fully saturated rings. The average Bonchev–Trinajstić information content (AvgIpc) is 2.57. The summed E-state index contributed by atoms with van der Waals surface area (Å²) < 4.78 is 0. The maximum Gasteiger partial charge on any atom is 0.0349 e. The van der Waals surface area contributed by atoms with Crippen LogP contribution >= 0.6 is 0 Å². The molecule has 0 aliphatic carbocycles. The van der Waals surface area contributed by atoms with E-state index in [1.807, 2.05) is 6.20 Å². The Bertz CT molecular complexity index is 613. The number of benzene rings is 1. The maximum absolute atomic E-state index is 4.43. The first-order valence-corrected chi connectivity index (χ1v) is 9.17. The van der Waals surface area contributed by atoms with Crippen LogP contribution in [-0.4, -0.2) is 4.98 Å². The first-order chi connectivity index (χ1) is 10.8. The topological polar surface area (TPSA) is 12.9 Å². The van der Waals surface area contributed by atoms with E-state index in [-0.39, 0.29) is 0 Å². The standard InChI is InChI=1S/C21H31N/c1-5-9-11-18-16(7-3)17(8-4)20-13-14-22-15-21(20)19(18)12-10-6-2/h13-15H,5-12H2,1-4H3. The summed E-state index contributed by atoms with van der Waals surface area (Å²) in [7, 11) is 0. The molecule has 1 aromatic heterocycles. The molecule has 0 radical (unpaired) electrons. The number of aryl methyl sites for hydroxylation is 2. The van der Waals surface area contributed by atoms with Crippen molar-refractivity contribution >= 4 is 10.8 Å². The zero-order valence-corrected chi connectivity index (χ0v) is 14.8. The first kappa shape index (κ1) is 17.0. The quantitative estimate of drug-likeness (QED) is 0.578. The lowest BCUT2D eigenvalue weighted by molar-refractivity contribution is 0.753. The maximum atomic E-state index is 4.43. The first-order valence-electron chi connectivity index (χ1n) is 9.17. The van der Waals surface area contributed by atoms with Gasteiger partial charge in [0.25, 0.3) is 0 Å². The number of rotatable bonds is 8. The molecule has 1 aromatic carbocycles. The van der Waals surface area contributed by atoms with Crippen LogP contribution in [0.2, 0.25) is 0 Å². The highest BCUT2D eigenvalue weighted by Gasteiger charge is 2.16. The van der Waals surface area contributed by atoms with E-state index >= 15 is 0 Å². The molecule has 2 aromatic rings. The summed E-state index contributed by atoms with van der Waals surface area (Å²) in [5.74, 6) is 0. The molecule has 22 heavy (non-hydrogen) atoms. The predicted octanol–water partition coefficient (Wildman–Crippen LogP) is 6.04. The summed E-state index contributed by atoms with van der Waals surface area (Å²) in [4.78, 5) is 4.43. The van der Waals surface area contributed by atoms with Gasteiger partial charge in [0.1, 0.15) is 0 Å². The van der Waals surface area contributed by atoms with Crippen LogP contribution < -0.4 is 0 Å². The van der Waals surface area contributed by atoms with E-state index in [0.29, 0.717) is 0 Å². The van der Waals surface area contributed by atoms with Crippen LogP contribution in [0.1, 0.15) is 75.6 Å². The van der Waals surface area contributed by atoms with Crippen LogP contribution in [0.25, 0.3) is 10.8 Å². The summed E-state index contributed by atoms with van der Waals surface area (Å²) in [6.07, 6.45) is 13.9. The van der Waals surface area contributed by atoms with Gasteiger partial charge in [0.2, 0.25) is 0 Å². The van der Waals surface area contributed by atoms with Crippen molar-refractivity contribution in [3.63, 3.8) is 0 Å². The molecule has 1 heteroatoms. The Balaban J connectivity index is 2.72. The fourth-order valence-electron chi connectivity index (χ4n) is 3.71. The van der Waals surface area contributed by atoms with Gasteiger partial charge in [-0.05, 0) is 72.2 Å². The van der Waals surface area contributed by atoms with Gasteiger partial charge < -0.3 is 0 Å². The summed E-state index contributed by atoms with van der Waals surface area (Å²) >= 11 is 0. The Labute approximate surface area is 136 Å². The molecule has 120 valence electrons. The van der Waals surface area contributed by atoms with E-state index in [1.54, 1.807) is 22.3 Å². The Kier molecular flexibility index (Phi) is 6.42. The molecule has 0 saturated heterocycles. The minimum Gasteiger partial charge on any atom is -0.264 e. The lowest BCUT2D eigenvalue weighted by Gasteiger charge is -2.21. The predicted molar refractivity (Wildman–Crippen MR) is 97.7 cm³/mol. The Morgan fingerprint density at radius 2 is 1.36 bits per heavy atom. The van der Waals surface area contributed by atoms with E-state index in [9.17, 15) is 0 Å². The summed E-state index contributed by atoms with van der Waals surface area (Å²) in [6, 6.07) is 2.23. The van der Waals surface area contributed by atoms with E-state index in [1.165, 1.54) is 49.3 Å². The summed E-state index contributed by atoms with van der Waals surface area (Å²) in [5.41, 5.74) is 6.43. The van der Waals surface area contributed by atoms with Crippen molar-refractivity contribution in [3.8, 4) is 0 Å². The van der Waals surface area contributed by atoms with Crippen LogP contribution in [-0.2, 0) is 25.7 Å². The van der Waals surface area contributed by atoms with Crippen molar-refractivity contribution in [1.82, 2.24) is 4.98 Å². The number of hydrogen-bond acceptors (Lipinski definition) is 1. The van der Waals surface area contributed by atoms with Crippen LogP contribution in [0.15, 0.2) is 18.5 Å². The zero-order chi connectivity index (χ0) is 15.9. The van der Waals surface area contributed by atoms with Gasteiger partial charge in [-0.25, -0.2) is 0 Å². The van der Waals surface area contributed by atoms with E-state index in [4.69, 9.17) is 0 Å². The van der Waals surface area contributed by atoms with Crippen molar-refractivity contribution in [2.45, 2.75) is 79.1 Å². The number of aromatic nitrogens is 1. The zero-order valence-electron chi connectivity index (χ0n) is 14.8. The Hall–Kier alpha value is -1.37. The number of fused-ring (bicyclic) bond motifs is 1.